The second-order valence-corrected chi connectivity index (χ2v) is 8.23. The van der Waals surface area contributed by atoms with Gasteiger partial charge in [-0.3, -0.25) is 0 Å². The number of hydrogen-bond donors (Lipinski definition) is 0. The zero-order chi connectivity index (χ0) is 12.3. The molecule has 0 N–H and O–H groups in total. The van der Waals surface area contributed by atoms with E-state index in [9.17, 15) is 0 Å². The van der Waals surface area contributed by atoms with E-state index >= 15 is 0 Å². The first kappa shape index (κ1) is 12.9. The van der Waals surface area contributed by atoms with Crippen LogP contribution < -0.4 is 21.2 Å². The molecule has 0 amide bonds. The summed E-state index contributed by atoms with van der Waals surface area (Å²) < 4.78 is 2.88. The molecule has 0 aliphatic heterocycles. The van der Waals surface area contributed by atoms with E-state index < -0.39 is 0 Å². The molecule has 0 fully saturated rings. The molecule has 0 spiro atoms. The minimum atomic E-state index is 0.218. The van der Waals surface area contributed by atoms with Crippen LogP contribution in [0, 0.1) is 8.99 Å². The van der Waals surface area contributed by atoms with Gasteiger partial charge in [-0.25, -0.2) is 0 Å². The van der Waals surface area contributed by atoms with E-state index in [1.54, 1.807) is 3.57 Å². The van der Waals surface area contributed by atoms with Crippen molar-refractivity contribution in [3.63, 3.8) is 0 Å². The van der Waals surface area contributed by atoms with Gasteiger partial charge in [0.05, 0.1) is 0 Å². The van der Waals surface area contributed by atoms with Crippen LogP contribution >= 0.6 is 0 Å². The van der Waals surface area contributed by atoms with Crippen molar-refractivity contribution in [3.8, 4) is 0 Å². The van der Waals surface area contributed by atoms with Crippen LogP contribution in [0.25, 0.3) is 12.2 Å². The Labute approximate surface area is 115 Å². The van der Waals surface area contributed by atoms with Gasteiger partial charge in [-0.05, 0) is 0 Å². The van der Waals surface area contributed by atoms with E-state index in [0.717, 1.165) is 6.42 Å². The number of alkyl halides is 1. The van der Waals surface area contributed by atoms with Gasteiger partial charge in [-0.2, -0.15) is 0 Å². The number of rotatable bonds is 3. The Morgan fingerprint density at radius 2 is 1.76 bits per heavy atom. The van der Waals surface area contributed by atoms with Crippen LogP contribution in [0.3, 0.4) is 0 Å². The van der Waals surface area contributed by atoms with Crippen molar-refractivity contribution in [2.24, 2.45) is 5.41 Å². The molecular weight excluding hydrogens is 319 g/mol. The number of hydrogen-bond acceptors (Lipinski definition) is 0. The zero-order valence-electron chi connectivity index (χ0n) is 10.8. The van der Waals surface area contributed by atoms with Gasteiger partial charge in [0.25, 0.3) is 0 Å². The maximum atomic E-state index is 2.38. The average Bonchev–Trinajstić information content (AvgIpc) is 2.51. The van der Waals surface area contributed by atoms with Crippen molar-refractivity contribution in [1.29, 1.82) is 0 Å². The fourth-order valence-electron chi connectivity index (χ4n) is 1.93. The van der Waals surface area contributed by atoms with Gasteiger partial charge in [0.1, 0.15) is 0 Å². The van der Waals surface area contributed by atoms with Crippen molar-refractivity contribution in [3.05, 3.63) is 45.0 Å². The summed E-state index contributed by atoms with van der Waals surface area (Å²) >= 11 is 0.218. The SMILES string of the molecule is CC[I-]c1ccc2c(c1)C=CC(C)(CC)C=C2. The van der Waals surface area contributed by atoms with Crippen LogP contribution in [0.4, 0.5) is 0 Å². The van der Waals surface area contributed by atoms with Gasteiger partial charge < -0.3 is 0 Å². The van der Waals surface area contributed by atoms with Crippen LogP contribution in [0.15, 0.2) is 30.4 Å². The summed E-state index contributed by atoms with van der Waals surface area (Å²) in [7, 11) is 0. The standard InChI is InChI=1S/C16H20I/c1-4-16(3)10-8-13-6-7-15(17-5-2)12-14(13)9-11-16/h6-12H,4-5H2,1-3H3/q-1. The second-order valence-electron chi connectivity index (χ2n) is 4.70. The molecule has 1 aromatic rings. The van der Waals surface area contributed by atoms with E-state index in [1.165, 1.54) is 15.6 Å². The Kier molecular flexibility index (Phi) is 4.08. The molecule has 17 heavy (non-hydrogen) atoms. The summed E-state index contributed by atoms with van der Waals surface area (Å²) in [6.45, 7) is 6.83. The molecule has 0 nitrogen and oxygen atoms in total. The molecule has 0 bridgehead atoms. The molecule has 0 saturated carbocycles. The molecule has 0 saturated heterocycles. The first-order valence-electron chi connectivity index (χ1n) is 6.28. The van der Waals surface area contributed by atoms with E-state index in [-0.39, 0.29) is 26.6 Å². The van der Waals surface area contributed by atoms with Gasteiger partial charge in [-0.1, -0.05) is 0 Å². The van der Waals surface area contributed by atoms with Crippen LogP contribution in [-0.2, 0) is 0 Å². The quantitative estimate of drug-likeness (QED) is 0.577. The third kappa shape index (κ3) is 3.01. The topological polar surface area (TPSA) is 0 Å². The van der Waals surface area contributed by atoms with Crippen LogP contribution in [0.5, 0.6) is 0 Å². The predicted molar refractivity (Wildman–Crippen MR) is 72.1 cm³/mol. The molecule has 1 unspecified atom stereocenters. The number of allylic oxidation sites excluding steroid dienone is 2. The van der Waals surface area contributed by atoms with Gasteiger partial charge in [0.2, 0.25) is 0 Å². The Bertz CT molecular complexity index is 457. The molecule has 1 aliphatic rings. The van der Waals surface area contributed by atoms with Gasteiger partial charge in [0, 0.05) is 0 Å². The van der Waals surface area contributed by atoms with Crippen molar-refractivity contribution in [1.82, 2.24) is 0 Å². The first-order chi connectivity index (χ1) is 8.17. The third-order valence-electron chi connectivity index (χ3n) is 3.39. The van der Waals surface area contributed by atoms with Gasteiger partial charge in [0.15, 0.2) is 0 Å². The summed E-state index contributed by atoms with van der Waals surface area (Å²) in [5.41, 5.74) is 2.98. The summed E-state index contributed by atoms with van der Waals surface area (Å²) in [6.07, 6.45) is 10.4. The third-order valence-corrected chi connectivity index (χ3v) is 5.70. The molecule has 1 heteroatoms. The fourth-order valence-corrected chi connectivity index (χ4v) is 3.80. The molecule has 0 radical (unpaired) electrons. The van der Waals surface area contributed by atoms with E-state index in [4.69, 9.17) is 0 Å². The molecular formula is C16H20I-. The molecule has 92 valence electrons. The summed E-state index contributed by atoms with van der Waals surface area (Å²) in [5, 5.41) is 0. The average molecular weight is 339 g/mol. The van der Waals surface area contributed by atoms with Crippen LogP contribution in [0.1, 0.15) is 38.3 Å². The van der Waals surface area contributed by atoms with E-state index in [2.05, 4.69) is 63.3 Å². The fraction of sp³-hybridized carbons (Fsp3) is 0.375. The number of fused-ring (bicyclic) bond motifs is 1. The number of halogens is 1. The molecule has 1 aromatic carbocycles. The molecule has 0 aromatic heterocycles. The van der Waals surface area contributed by atoms with Crippen molar-refractivity contribution in [2.45, 2.75) is 27.2 Å². The molecule has 1 atom stereocenters. The Balaban J connectivity index is 2.37. The van der Waals surface area contributed by atoms with Crippen molar-refractivity contribution < 1.29 is 21.2 Å². The summed E-state index contributed by atoms with van der Waals surface area (Å²) in [6, 6.07) is 6.97. The van der Waals surface area contributed by atoms with Gasteiger partial charge >= 0.3 is 115 Å². The summed E-state index contributed by atoms with van der Waals surface area (Å²) in [4.78, 5) is 0. The zero-order valence-corrected chi connectivity index (χ0v) is 13.0. The van der Waals surface area contributed by atoms with Gasteiger partial charge in [-0.15, -0.1) is 0 Å². The monoisotopic (exact) mass is 339 g/mol. The van der Waals surface area contributed by atoms with Crippen LogP contribution in [0.2, 0.25) is 0 Å². The first-order valence-corrected chi connectivity index (χ1v) is 8.89. The summed E-state index contributed by atoms with van der Waals surface area (Å²) in [5.74, 6) is 0. The second kappa shape index (κ2) is 5.38. The van der Waals surface area contributed by atoms with Crippen LogP contribution in [-0.4, -0.2) is 4.43 Å². The molecule has 1 aliphatic carbocycles. The number of benzene rings is 1. The molecule has 2 rings (SSSR count). The maximum absolute atomic E-state index is 2.38. The molecule has 0 heterocycles. The normalized spacial score (nSPS) is 22.5. The Hall–Kier alpha value is -0.570. The van der Waals surface area contributed by atoms with Crippen molar-refractivity contribution in [2.75, 3.05) is 4.43 Å². The van der Waals surface area contributed by atoms with E-state index in [1.807, 2.05) is 0 Å². The van der Waals surface area contributed by atoms with Crippen molar-refractivity contribution >= 4 is 12.2 Å². The minimum absolute atomic E-state index is 0.218. The Morgan fingerprint density at radius 1 is 1.06 bits per heavy atom. The van der Waals surface area contributed by atoms with E-state index in [0.29, 0.717) is 0 Å². The predicted octanol–water partition coefficient (Wildman–Crippen LogP) is 1.42. The Morgan fingerprint density at radius 3 is 2.41 bits per heavy atom.